The average Bonchev–Trinajstić information content (AvgIpc) is 3.34. The fraction of sp³-hybridized carbons (Fsp3) is 0.333. The number of allylic oxidation sites excluding steroid dienone is 4. The second kappa shape index (κ2) is 9.98. The van der Waals surface area contributed by atoms with E-state index in [9.17, 15) is 0 Å². The van der Waals surface area contributed by atoms with Crippen LogP contribution in [0.2, 0.25) is 0 Å². The van der Waals surface area contributed by atoms with E-state index in [0.29, 0.717) is 17.8 Å². The van der Waals surface area contributed by atoms with Gasteiger partial charge in [0.15, 0.2) is 0 Å². The quantitative estimate of drug-likeness (QED) is 0.295. The third kappa shape index (κ3) is 3.95. The molecule has 0 amide bonds. The highest BCUT2D eigenvalue weighted by Crippen LogP contribution is 2.53. The van der Waals surface area contributed by atoms with Crippen molar-refractivity contribution >= 4 is 17.7 Å². The Labute approximate surface area is 236 Å². The lowest BCUT2D eigenvalue weighted by atomic mass is 9.75. The molecule has 2 aliphatic carbocycles. The molecule has 2 aliphatic rings. The lowest BCUT2D eigenvalue weighted by molar-refractivity contribution is 0.553. The Hall–Kier alpha value is -3.38. The maximum atomic E-state index is 4.19. The molecule has 0 spiro atoms. The molecule has 0 bridgehead atoms. The number of benzene rings is 3. The van der Waals surface area contributed by atoms with Gasteiger partial charge in [-0.15, -0.1) is 0 Å². The third-order valence-corrected chi connectivity index (χ3v) is 9.97. The van der Waals surface area contributed by atoms with E-state index in [-0.39, 0.29) is 5.41 Å². The zero-order chi connectivity index (χ0) is 28.2. The highest BCUT2D eigenvalue weighted by molar-refractivity contribution is 5.91. The summed E-state index contributed by atoms with van der Waals surface area (Å²) in [6.07, 6.45) is 7.52. The zero-order valence-corrected chi connectivity index (χ0v) is 25.2. The van der Waals surface area contributed by atoms with Crippen LogP contribution >= 0.6 is 0 Å². The summed E-state index contributed by atoms with van der Waals surface area (Å²) in [5.74, 6) is 1.29. The minimum Gasteiger partial charge on any atom is -0.0984 e. The molecule has 0 aromatic heterocycles. The number of fused-ring (bicyclic) bond motifs is 4. The van der Waals surface area contributed by atoms with Crippen molar-refractivity contribution in [3.8, 4) is 11.1 Å². The van der Waals surface area contributed by atoms with Crippen LogP contribution in [0.25, 0.3) is 28.9 Å². The fourth-order valence-electron chi connectivity index (χ4n) is 7.62. The summed E-state index contributed by atoms with van der Waals surface area (Å²) in [6, 6.07) is 18.6. The molecular formula is C39H44. The molecule has 5 rings (SSSR count). The van der Waals surface area contributed by atoms with E-state index in [1.807, 2.05) is 12.2 Å². The first-order valence-electron chi connectivity index (χ1n) is 14.7. The number of hydrogen-bond acceptors (Lipinski definition) is 0. The summed E-state index contributed by atoms with van der Waals surface area (Å²) in [7, 11) is 0. The van der Waals surface area contributed by atoms with E-state index in [1.165, 1.54) is 66.8 Å². The number of hydrogen-bond donors (Lipinski definition) is 0. The minimum absolute atomic E-state index is 0.0607. The van der Waals surface area contributed by atoms with Crippen molar-refractivity contribution in [3.63, 3.8) is 0 Å². The first-order valence-corrected chi connectivity index (χ1v) is 14.7. The third-order valence-electron chi connectivity index (χ3n) is 9.97. The SMILES string of the molecule is C=Cc1c(C)cc2c(c1C=C)-c1ccc(C(C)C(C)/C(=C/C)C3=C(C)c4ccccc4C3CC)cc1C2(C)C. The predicted octanol–water partition coefficient (Wildman–Crippen LogP) is 11.3. The molecule has 0 saturated carbocycles. The van der Waals surface area contributed by atoms with Gasteiger partial charge in [-0.1, -0.05) is 115 Å². The molecule has 3 atom stereocenters. The molecule has 39 heavy (non-hydrogen) atoms. The standard InChI is InChI=1S/C39H44/c1-11-28-23(5)21-36-38(30(28)13-3)34-20-19-27(22-35(34)39(36,9)10)24(6)25(7)29(12-2)37-26(8)32-17-15-16-18-33(32)31(37)14-4/h11-13,15-22,24-25,31H,1,3,14H2,2,4-10H3/b29-12-. The zero-order valence-electron chi connectivity index (χ0n) is 25.2. The van der Waals surface area contributed by atoms with Crippen molar-refractivity contribution < 1.29 is 0 Å². The van der Waals surface area contributed by atoms with E-state index in [1.54, 1.807) is 5.57 Å². The largest absolute Gasteiger partial charge is 0.0984 e. The molecule has 0 aliphatic heterocycles. The van der Waals surface area contributed by atoms with Crippen LogP contribution in [0, 0.1) is 12.8 Å². The van der Waals surface area contributed by atoms with Crippen molar-refractivity contribution in [3.05, 3.63) is 123 Å². The van der Waals surface area contributed by atoms with Gasteiger partial charge in [0.25, 0.3) is 0 Å². The Kier molecular flexibility index (Phi) is 6.96. The fourth-order valence-corrected chi connectivity index (χ4v) is 7.62. The molecule has 3 aromatic carbocycles. The molecule has 0 nitrogen and oxygen atoms in total. The van der Waals surface area contributed by atoms with Gasteiger partial charge >= 0.3 is 0 Å². The van der Waals surface area contributed by atoms with Gasteiger partial charge in [0.1, 0.15) is 0 Å². The van der Waals surface area contributed by atoms with Gasteiger partial charge in [-0.05, 0) is 111 Å². The average molecular weight is 513 g/mol. The molecule has 3 unspecified atom stereocenters. The smallest absolute Gasteiger partial charge is 0.0159 e. The summed E-state index contributed by atoms with van der Waals surface area (Å²) >= 11 is 0. The molecule has 200 valence electrons. The van der Waals surface area contributed by atoms with E-state index >= 15 is 0 Å². The Bertz CT molecular complexity index is 1550. The lowest BCUT2D eigenvalue weighted by Gasteiger charge is -2.29. The maximum absolute atomic E-state index is 4.19. The summed E-state index contributed by atoms with van der Waals surface area (Å²) in [6.45, 7) is 27.0. The van der Waals surface area contributed by atoms with Gasteiger partial charge in [0.2, 0.25) is 0 Å². The van der Waals surface area contributed by atoms with Crippen LogP contribution in [0.4, 0.5) is 0 Å². The van der Waals surface area contributed by atoms with Crippen LogP contribution in [-0.2, 0) is 5.41 Å². The van der Waals surface area contributed by atoms with Crippen LogP contribution in [0.15, 0.2) is 78.9 Å². The highest BCUT2D eigenvalue weighted by Gasteiger charge is 2.38. The van der Waals surface area contributed by atoms with Gasteiger partial charge in [-0.2, -0.15) is 0 Å². The van der Waals surface area contributed by atoms with Crippen LogP contribution in [-0.4, -0.2) is 0 Å². The normalized spacial score (nSPS) is 18.9. The second-order valence-electron chi connectivity index (χ2n) is 12.2. The Morgan fingerprint density at radius 2 is 1.62 bits per heavy atom. The molecule has 0 radical (unpaired) electrons. The van der Waals surface area contributed by atoms with Gasteiger partial charge in [0, 0.05) is 11.3 Å². The Morgan fingerprint density at radius 3 is 2.26 bits per heavy atom. The highest BCUT2D eigenvalue weighted by atomic mass is 14.4. The summed E-state index contributed by atoms with van der Waals surface area (Å²) in [5, 5.41) is 0. The summed E-state index contributed by atoms with van der Waals surface area (Å²) < 4.78 is 0. The minimum atomic E-state index is -0.0607. The number of aryl methyl sites for hydroxylation is 1. The summed E-state index contributed by atoms with van der Waals surface area (Å²) in [4.78, 5) is 0. The molecule has 3 aromatic rings. The van der Waals surface area contributed by atoms with Crippen LogP contribution in [0.5, 0.6) is 0 Å². The van der Waals surface area contributed by atoms with Crippen molar-refractivity contribution in [1.29, 1.82) is 0 Å². The van der Waals surface area contributed by atoms with E-state index in [4.69, 9.17) is 0 Å². The van der Waals surface area contributed by atoms with E-state index < -0.39 is 0 Å². The van der Waals surface area contributed by atoms with Gasteiger partial charge in [-0.3, -0.25) is 0 Å². The van der Waals surface area contributed by atoms with E-state index in [2.05, 4.69) is 123 Å². The molecule has 0 heteroatoms. The second-order valence-corrected chi connectivity index (χ2v) is 12.2. The first kappa shape index (κ1) is 27.2. The van der Waals surface area contributed by atoms with Crippen molar-refractivity contribution in [1.82, 2.24) is 0 Å². The summed E-state index contributed by atoms with van der Waals surface area (Å²) in [5.41, 5.74) is 18.0. The van der Waals surface area contributed by atoms with Gasteiger partial charge in [-0.25, -0.2) is 0 Å². The maximum Gasteiger partial charge on any atom is 0.0159 e. The van der Waals surface area contributed by atoms with Gasteiger partial charge in [0.05, 0.1) is 0 Å². The molecular weight excluding hydrogens is 468 g/mol. The predicted molar refractivity (Wildman–Crippen MR) is 172 cm³/mol. The molecule has 0 saturated heterocycles. The topological polar surface area (TPSA) is 0 Å². The Morgan fingerprint density at radius 1 is 0.923 bits per heavy atom. The van der Waals surface area contributed by atoms with Crippen LogP contribution < -0.4 is 0 Å². The molecule has 0 N–H and O–H groups in total. The number of rotatable bonds is 7. The van der Waals surface area contributed by atoms with Crippen molar-refractivity contribution in [2.45, 2.75) is 79.1 Å². The van der Waals surface area contributed by atoms with Crippen LogP contribution in [0.3, 0.4) is 0 Å². The van der Waals surface area contributed by atoms with Gasteiger partial charge < -0.3 is 0 Å². The van der Waals surface area contributed by atoms with Crippen molar-refractivity contribution in [2.24, 2.45) is 5.92 Å². The first-order chi connectivity index (χ1) is 18.6. The van der Waals surface area contributed by atoms with Crippen molar-refractivity contribution in [2.75, 3.05) is 0 Å². The lowest BCUT2D eigenvalue weighted by Crippen LogP contribution is -2.17. The molecule has 0 heterocycles. The Balaban J connectivity index is 1.56. The van der Waals surface area contributed by atoms with E-state index in [0.717, 1.165) is 6.42 Å². The monoisotopic (exact) mass is 512 g/mol. The van der Waals surface area contributed by atoms with Crippen LogP contribution in [0.1, 0.15) is 111 Å². The molecule has 0 fully saturated rings.